The van der Waals surface area contributed by atoms with Crippen LogP contribution in [-0.4, -0.2) is 0 Å². The van der Waals surface area contributed by atoms with E-state index < -0.39 is 11.7 Å². The number of halogens is 4. The summed E-state index contributed by atoms with van der Waals surface area (Å²) in [6.07, 6.45) is -4.39. The van der Waals surface area contributed by atoms with Gasteiger partial charge < -0.3 is 5.73 Å². The van der Waals surface area contributed by atoms with E-state index in [0.717, 1.165) is 21.9 Å². The molecule has 1 heterocycles. The summed E-state index contributed by atoms with van der Waals surface area (Å²) in [4.78, 5) is 1.82. The first-order chi connectivity index (χ1) is 9.70. The van der Waals surface area contributed by atoms with Crippen LogP contribution < -0.4 is 5.73 Å². The summed E-state index contributed by atoms with van der Waals surface area (Å²) < 4.78 is 37.9. The SMILES string of the molecule is CC(C)C(N)c1ccc(-c2ccc(C(F)(F)F)cc2Cl)s1. The zero-order valence-corrected chi connectivity index (χ0v) is 13.1. The number of thiophene rings is 1. The second-order valence-corrected chi connectivity index (χ2v) is 6.69. The number of hydrogen-bond acceptors (Lipinski definition) is 2. The zero-order valence-electron chi connectivity index (χ0n) is 11.5. The highest BCUT2D eigenvalue weighted by molar-refractivity contribution is 7.15. The van der Waals surface area contributed by atoms with Crippen LogP contribution in [0.25, 0.3) is 10.4 Å². The van der Waals surface area contributed by atoms with Crippen molar-refractivity contribution >= 4 is 22.9 Å². The first kappa shape index (κ1) is 16.3. The molecule has 0 spiro atoms. The van der Waals surface area contributed by atoms with E-state index in [1.165, 1.54) is 17.4 Å². The molecule has 0 fully saturated rings. The Morgan fingerprint density at radius 2 is 1.81 bits per heavy atom. The Morgan fingerprint density at radius 3 is 2.33 bits per heavy atom. The van der Waals surface area contributed by atoms with Crippen molar-refractivity contribution in [1.29, 1.82) is 0 Å². The standard InChI is InChI=1S/C15H15ClF3NS/c1-8(2)14(20)13-6-5-12(21-13)10-4-3-9(7-11(10)16)15(17,18)19/h3-8,14H,20H2,1-2H3. The molecule has 1 nitrogen and oxygen atoms in total. The van der Waals surface area contributed by atoms with Crippen molar-refractivity contribution in [2.75, 3.05) is 0 Å². The number of alkyl halides is 3. The quantitative estimate of drug-likeness (QED) is 0.761. The maximum absolute atomic E-state index is 12.6. The largest absolute Gasteiger partial charge is 0.416 e. The molecular formula is C15H15ClF3NS. The molecule has 0 aliphatic rings. The molecule has 114 valence electrons. The molecule has 0 saturated carbocycles. The Bertz CT molecular complexity index is 634. The molecule has 1 aromatic heterocycles. The molecule has 21 heavy (non-hydrogen) atoms. The molecule has 1 unspecified atom stereocenters. The minimum atomic E-state index is -4.39. The monoisotopic (exact) mass is 333 g/mol. The summed E-state index contributed by atoms with van der Waals surface area (Å²) in [5.74, 6) is 0.291. The lowest BCUT2D eigenvalue weighted by Crippen LogP contribution is -2.14. The fraction of sp³-hybridized carbons (Fsp3) is 0.333. The molecular weight excluding hydrogens is 319 g/mol. The summed E-state index contributed by atoms with van der Waals surface area (Å²) in [6.45, 7) is 4.05. The number of benzene rings is 1. The van der Waals surface area contributed by atoms with E-state index in [1.54, 1.807) is 0 Å². The number of rotatable bonds is 3. The fourth-order valence-corrected chi connectivity index (χ4v) is 3.46. The van der Waals surface area contributed by atoms with Crippen LogP contribution in [0.5, 0.6) is 0 Å². The molecule has 0 amide bonds. The fourth-order valence-electron chi connectivity index (χ4n) is 1.90. The lowest BCUT2D eigenvalue weighted by molar-refractivity contribution is -0.137. The van der Waals surface area contributed by atoms with Crippen molar-refractivity contribution in [3.8, 4) is 10.4 Å². The molecule has 0 aliphatic heterocycles. The van der Waals surface area contributed by atoms with Gasteiger partial charge in [-0.25, -0.2) is 0 Å². The van der Waals surface area contributed by atoms with E-state index in [0.29, 0.717) is 11.5 Å². The third-order valence-electron chi connectivity index (χ3n) is 3.24. The molecule has 0 aliphatic carbocycles. The number of nitrogens with two attached hydrogens (primary N) is 1. The van der Waals surface area contributed by atoms with Gasteiger partial charge in [0.1, 0.15) is 0 Å². The van der Waals surface area contributed by atoms with Gasteiger partial charge in [0, 0.05) is 26.4 Å². The van der Waals surface area contributed by atoms with Gasteiger partial charge in [0.05, 0.1) is 5.56 Å². The highest BCUT2D eigenvalue weighted by atomic mass is 35.5. The first-order valence-electron chi connectivity index (χ1n) is 6.42. The topological polar surface area (TPSA) is 26.0 Å². The highest BCUT2D eigenvalue weighted by Crippen LogP contribution is 2.39. The molecule has 0 saturated heterocycles. The van der Waals surface area contributed by atoms with Crippen LogP contribution >= 0.6 is 22.9 Å². The van der Waals surface area contributed by atoms with Crippen molar-refractivity contribution in [3.63, 3.8) is 0 Å². The smallest absolute Gasteiger partial charge is 0.323 e. The minimum absolute atomic E-state index is 0.0861. The van der Waals surface area contributed by atoms with Crippen LogP contribution in [0.3, 0.4) is 0 Å². The Balaban J connectivity index is 2.35. The van der Waals surface area contributed by atoms with Crippen LogP contribution in [0.2, 0.25) is 5.02 Å². The van der Waals surface area contributed by atoms with Crippen molar-refractivity contribution in [3.05, 3.63) is 45.8 Å². The van der Waals surface area contributed by atoms with Gasteiger partial charge in [-0.2, -0.15) is 13.2 Å². The molecule has 0 bridgehead atoms. The predicted octanol–water partition coefficient (Wildman–Crippen LogP) is 5.74. The molecule has 2 aromatic rings. The molecule has 2 rings (SSSR count). The predicted molar refractivity (Wildman–Crippen MR) is 81.5 cm³/mol. The van der Waals surface area contributed by atoms with Crippen LogP contribution in [0.4, 0.5) is 13.2 Å². The molecule has 1 aromatic carbocycles. The summed E-state index contributed by atoms with van der Waals surface area (Å²) in [5, 5.41) is 0.0938. The lowest BCUT2D eigenvalue weighted by atomic mass is 10.0. The Kier molecular flexibility index (Phi) is 4.66. The van der Waals surface area contributed by atoms with Gasteiger partial charge in [-0.1, -0.05) is 31.5 Å². The maximum Gasteiger partial charge on any atom is 0.416 e. The van der Waals surface area contributed by atoms with Crippen molar-refractivity contribution in [2.24, 2.45) is 11.7 Å². The van der Waals surface area contributed by atoms with E-state index in [4.69, 9.17) is 17.3 Å². The Labute approximate surface area is 130 Å². The van der Waals surface area contributed by atoms with Crippen LogP contribution in [0.15, 0.2) is 30.3 Å². The second kappa shape index (κ2) is 5.99. The van der Waals surface area contributed by atoms with E-state index in [1.807, 2.05) is 26.0 Å². The second-order valence-electron chi connectivity index (χ2n) is 5.16. The Morgan fingerprint density at radius 1 is 1.14 bits per heavy atom. The molecule has 2 N–H and O–H groups in total. The lowest BCUT2D eigenvalue weighted by Gasteiger charge is -2.13. The highest BCUT2D eigenvalue weighted by Gasteiger charge is 2.31. The maximum atomic E-state index is 12.6. The van der Waals surface area contributed by atoms with E-state index in [-0.39, 0.29) is 11.1 Å². The van der Waals surface area contributed by atoms with E-state index >= 15 is 0 Å². The Hall–Kier alpha value is -1.04. The van der Waals surface area contributed by atoms with Crippen molar-refractivity contribution < 1.29 is 13.2 Å². The van der Waals surface area contributed by atoms with Gasteiger partial charge in [-0.05, 0) is 30.2 Å². The van der Waals surface area contributed by atoms with Crippen LogP contribution in [0, 0.1) is 5.92 Å². The van der Waals surface area contributed by atoms with E-state index in [9.17, 15) is 13.2 Å². The van der Waals surface area contributed by atoms with Crippen molar-refractivity contribution in [1.82, 2.24) is 0 Å². The van der Waals surface area contributed by atoms with Crippen LogP contribution in [-0.2, 0) is 6.18 Å². The summed E-state index contributed by atoms with van der Waals surface area (Å²) >= 11 is 7.46. The summed E-state index contributed by atoms with van der Waals surface area (Å²) in [7, 11) is 0. The average Bonchev–Trinajstić information content (AvgIpc) is 2.85. The van der Waals surface area contributed by atoms with Crippen molar-refractivity contribution in [2.45, 2.75) is 26.1 Å². The molecule has 1 atom stereocenters. The molecule has 6 heteroatoms. The van der Waals surface area contributed by atoms with Gasteiger partial charge in [-0.15, -0.1) is 11.3 Å². The van der Waals surface area contributed by atoms with Gasteiger partial charge in [-0.3, -0.25) is 0 Å². The number of hydrogen-bond donors (Lipinski definition) is 1. The zero-order chi connectivity index (χ0) is 15.8. The summed E-state index contributed by atoms with van der Waals surface area (Å²) in [6, 6.07) is 7.07. The minimum Gasteiger partial charge on any atom is -0.323 e. The van der Waals surface area contributed by atoms with Gasteiger partial charge >= 0.3 is 6.18 Å². The van der Waals surface area contributed by atoms with Crippen LogP contribution in [0.1, 0.15) is 30.3 Å². The molecule has 0 radical (unpaired) electrons. The normalized spacial score (nSPS) is 13.7. The average molecular weight is 334 g/mol. The van der Waals surface area contributed by atoms with Gasteiger partial charge in [0.25, 0.3) is 0 Å². The van der Waals surface area contributed by atoms with E-state index in [2.05, 4.69) is 0 Å². The van der Waals surface area contributed by atoms with Gasteiger partial charge in [0.2, 0.25) is 0 Å². The third kappa shape index (κ3) is 3.59. The first-order valence-corrected chi connectivity index (χ1v) is 7.62. The summed E-state index contributed by atoms with van der Waals surface area (Å²) in [5.41, 5.74) is 5.93. The van der Waals surface area contributed by atoms with Gasteiger partial charge in [0.15, 0.2) is 0 Å². The third-order valence-corrected chi connectivity index (χ3v) is 4.77.